The molecule has 0 unspecified atom stereocenters. The molecule has 0 saturated carbocycles. The molecule has 1 amide bonds. The Morgan fingerprint density at radius 3 is 2.68 bits per heavy atom. The molecule has 1 aromatic carbocycles. The normalized spacial score (nSPS) is 11.8. The van der Waals surface area contributed by atoms with Gasteiger partial charge in [0.1, 0.15) is 11.6 Å². The average molecular weight is 309 g/mol. The quantitative estimate of drug-likeness (QED) is 0.865. The van der Waals surface area contributed by atoms with Crippen LogP contribution in [0.2, 0.25) is 0 Å². The number of hydrogen-bond donors (Lipinski definition) is 1. The van der Waals surface area contributed by atoms with Crippen LogP contribution in [0.3, 0.4) is 0 Å². The van der Waals surface area contributed by atoms with Crippen LogP contribution in [0, 0.1) is 11.6 Å². The molecule has 22 heavy (non-hydrogen) atoms. The largest absolute Gasteiger partial charge is 0.467 e. The fourth-order valence-electron chi connectivity index (χ4n) is 1.87. The number of esters is 1. The van der Waals surface area contributed by atoms with Crippen molar-refractivity contribution in [1.29, 1.82) is 0 Å². The van der Waals surface area contributed by atoms with Crippen molar-refractivity contribution < 1.29 is 23.1 Å². The molecule has 6 nitrogen and oxygen atoms in total. The second-order valence-corrected chi connectivity index (χ2v) is 4.50. The van der Waals surface area contributed by atoms with Crippen molar-refractivity contribution in [2.75, 3.05) is 7.11 Å². The first-order valence-electron chi connectivity index (χ1n) is 6.24. The van der Waals surface area contributed by atoms with Gasteiger partial charge in [-0.2, -0.15) is 5.10 Å². The maximum absolute atomic E-state index is 13.8. The van der Waals surface area contributed by atoms with Crippen molar-refractivity contribution in [2.24, 2.45) is 7.05 Å². The Kier molecular flexibility index (Phi) is 4.50. The maximum Gasteiger partial charge on any atom is 0.333 e. The van der Waals surface area contributed by atoms with Crippen LogP contribution in [-0.2, 0) is 16.6 Å². The number of halogens is 2. The van der Waals surface area contributed by atoms with Gasteiger partial charge in [0.15, 0.2) is 6.04 Å². The van der Waals surface area contributed by atoms with Crippen LogP contribution in [0.5, 0.6) is 0 Å². The highest BCUT2D eigenvalue weighted by molar-refractivity contribution is 5.96. The van der Waals surface area contributed by atoms with E-state index in [2.05, 4.69) is 15.2 Å². The maximum atomic E-state index is 13.8. The van der Waals surface area contributed by atoms with Crippen molar-refractivity contribution in [3.05, 3.63) is 53.4 Å². The first kappa shape index (κ1) is 15.6. The molecule has 1 heterocycles. The lowest BCUT2D eigenvalue weighted by atomic mass is 10.1. The summed E-state index contributed by atoms with van der Waals surface area (Å²) in [6, 6.07) is 1.15. The third-order valence-electron chi connectivity index (χ3n) is 2.95. The van der Waals surface area contributed by atoms with E-state index in [4.69, 9.17) is 0 Å². The lowest BCUT2D eigenvalue weighted by Crippen LogP contribution is -2.35. The number of hydrogen-bond acceptors (Lipinski definition) is 4. The van der Waals surface area contributed by atoms with Gasteiger partial charge >= 0.3 is 5.97 Å². The van der Waals surface area contributed by atoms with Crippen molar-refractivity contribution in [1.82, 2.24) is 15.1 Å². The molecule has 1 aromatic heterocycles. The number of benzene rings is 1. The molecule has 0 radical (unpaired) electrons. The molecule has 0 aliphatic carbocycles. The number of carbonyl (C=O) groups excluding carboxylic acids is 2. The van der Waals surface area contributed by atoms with Crippen LogP contribution in [-0.4, -0.2) is 28.8 Å². The summed E-state index contributed by atoms with van der Waals surface area (Å²) in [5, 5.41) is 6.13. The Balaban J connectivity index is 2.33. The second-order valence-electron chi connectivity index (χ2n) is 4.50. The Morgan fingerprint density at radius 1 is 1.36 bits per heavy atom. The number of aryl methyl sites for hydroxylation is 1. The van der Waals surface area contributed by atoms with Crippen LogP contribution in [0.25, 0.3) is 0 Å². The Labute approximate surface area is 124 Å². The zero-order valence-electron chi connectivity index (χ0n) is 11.8. The van der Waals surface area contributed by atoms with E-state index in [0.29, 0.717) is 0 Å². The monoisotopic (exact) mass is 309 g/mol. The van der Waals surface area contributed by atoms with Gasteiger partial charge in [0.2, 0.25) is 0 Å². The minimum absolute atomic E-state index is 0.174. The van der Waals surface area contributed by atoms with Gasteiger partial charge in [-0.3, -0.25) is 9.48 Å². The molecule has 0 bridgehead atoms. The lowest BCUT2D eigenvalue weighted by molar-refractivity contribution is -0.143. The van der Waals surface area contributed by atoms with Gasteiger partial charge in [0.05, 0.1) is 18.9 Å². The standard InChI is InChI=1S/C14H13F2N3O3/c1-19-7-8(6-17-19)13(20)18-12(14(21)22-2)10-5-9(15)3-4-11(10)16/h3-7,12H,1-2H3,(H,18,20)/t12-/m1/s1. The van der Waals surface area contributed by atoms with Crippen LogP contribution in [0.1, 0.15) is 22.0 Å². The van der Waals surface area contributed by atoms with E-state index in [1.54, 1.807) is 7.05 Å². The molecule has 0 saturated heterocycles. The zero-order chi connectivity index (χ0) is 16.3. The number of rotatable bonds is 4. The van der Waals surface area contributed by atoms with E-state index >= 15 is 0 Å². The van der Waals surface area contributed by atoms with Crippen LogP contribution >= 0.6 is 0 Å². The summed E-state index contributed by atoms with van der Waals surface area (Å²) in [5.74, 6) is -3.14. The van der Waals surface area contributed by atoms with E-state index in [-0.39, 0.29) is 11.1 Å². The fraction of sp³-hybridized carbons (Fsp3) is 0.214. The molecular formula is C14H13F2N3O3. The van der Waals surface area contributed by atoms with Crippen LogP contribution in [0.4, 0.5) is 8.78 Å². The number of methoxy groups -OCH3 is 1. The highest BCUT2D eigenvalue weighted by Gasteiger charge is 2.27. The highest BCUT2D eigenvalue weighted by Crippen LogP contribution is 2.20. The van der Waals surface area contributed by atoms with Crippen molar-refractivity contribution >= 4 is 11.9 Å². The minimum Gasteiger partial charge on any atom is -0.467 e. The van der Waals surface area contributed by atoms with E-state index < -0.39 is 29.6 Å². The summed E-state index contributed by atoms with van der Waals surface area (Å²) in [6.07, 6.45) is 2.71. The predicted molar refractivity (Wildman–Crippen MR) is 71.8 cm³/mol. The number of nitrogens with zero attached hydrogens (tertiary/aromatic N) is 2. The SMILES string of the molecule is COC(=O)[C@H](NC(=O)c1cnn(C)c1)c1cc(F)ccc1F. The molecule has 1 atom stereocenters. The Hall–Kier alpha value is -2.77. The molecule has 2 rings (SSSR count). The first-order chi connectivity index (χ1) is 10.4. The van der Waals surface area contributed by atoms with Crippen molar-refractivity contribution in [3.8, 4) is 0 Å². The van der Waals surface area contributed by atoms with Gasteiger partial charge in [-0.25, -0.2) is 13.6 Å². The van der Waals surface area contributed by atoms with Gasteiger partial charge < -0.3 is 10.1 Å². The summed E-state index contributed by atoms with van der Waals surface area (Å²) in [7, 11) is 2.70. The fourth-order valence-corrected chi connectivity index (χ4v) is 1.87. The summed E-state index contributed by atoms with van der Waals surface area (Å²) >= 11 is 0. The zero-order valence-corrected chi connectivity index (χ0v) is 11.8. The molecule has 0 aliphatic rings. The topological polar surface area (TPSA) is 73.2 Å². The summed E-state index contributed by atoms with van der Waals surface area (Å²) < 4.78 is 33.1. The highest BCUT2D eigenvalue weighted by atomic mass is 19.1. The molecule has 1 N–H and O–H groups in total. The van der Waals surface area contributed by atoms with E-state index in [9.17, 15) is 18.4 Å². The van der Waals surface area contributed by atoms with Gasteiger partial charge in [0, 0.05) is 18.8 Å². The molecule has 8 heteroatoms. The van der Waals surface area contributed by atoms with Gasteiger partial charge in [0.25, 0.3) is 5.91 Å². The third kappa shape index (κ3) is 3.27. The van der Waals surface area contributed by atoms with Crippen molar-refractivity contribution in [2.45, 2.75) is 6.04 Å². The molecule has 0 spiro atoms. The molecule has 2 aromatic rings. The van der Waals surface area contributed by atoms with Crippen molar-refractivity contribution in [3.63, 3.8) is 0 Å². The smallest absolute Gasteiger partial charge is 0.333 e. The molecule has 0 aliphatic heterocycles. The number of nitrogens with one attached hydrogen (secondary N) is 1. The van der Waals surface area contributed by atoms with E-state index in [1.807, 2.05) is 0 Å². The van der Waals surface area contributed by atoms with E-state index in [0.717, 1.165) is 25.3 Å². The number of aromatic nitrogens is 2. The number of carbonyl (C=O) groups is 2. The van der Waals surface area contributed by atoms with Crippen LogP contribution < -0.4 is 5.32 Å². The minimum atomic E-state index is -1.46. The average Bonchev–Trinajstić information content (AvgIpc) is 2.93. The molecule has 116 valence electrons. The molecule has 0 fully saturated rings. The first-order valence-corrected chi connectivity index (χ1v) is 6.24. The van der Waals surface area contributed by atoms with Crippen LogP contribution in [0.15, 0.2) is 30.6 Å². The molecular weight excluding hydrogens is 296 g/mol. The summed E-state index contributed by atoms with van der Waals surface area (Å²) in [5.41, 5.74) is -0.141. The van der Waals surface area contributed by atoms with Gasteiger partial charge in [-0.05, 0) is 18.2 Å². The summed E-state index contributed by atoms with van der Waals surface area (Å²) in [6.45, 7) is 0. The third-order valence-corrected chi connectivity index (χ3v) is 2.95. The van der Waals surface area contributed by atoms with Gasteiger partial charge in [-0.1, -0.05) is 0 Å². The number of amides is 1. The lowest BCUT2D eigenvalue weighted by Gasteiger charge is -2.17. The van der Waals surface area contributed by atoms with E-state index in [1.165, 1.54) is 17.1 Å². The predicted octanol–water partition coefficient (Wildman–Crippen LogP) is 1.34. The second kappa shape index (κ2) is 6.33. The Morgan fingerprint density at radius 2 is 2.09 bits per heavy atom. The Bertz CT molecular complexity index is 715. The number of ether oxygens (including phenoxy) is 1. The van der Waals surface area contributed by atoms with Gasteiger partial charge in [-0.15, -0.1) is 0 Å². The summed E-state index contributed by atoms with van der Waals surface area (Å²) in [4.78, 5) is 23.9.